The molecule has 71 heavy (non-hydrogen) atoms. The lowest BCUT2D eigenvalue weighted by Crippen LogP contribution is -2.54. The van der Waals surface area contributed by atoms with Gasteiger partial charge in [0.2, 0.25) is 29.6 Å². The van der Waals surface area contributed by atoms with Crippen LogP contribution in [0.4, 0.5) is 27.5 Å². The molecule has 19 nitrogen and oxygen atoms in total. The van der Waals surface area contributed by atoms with E-state index in [-0.39, 0.29) is 60.5 Å². The monoisotopic (exact) mass is 983 g/mol. The van der Waals surface area contributed by atoms with Crippen LogP contribution in [0.25, 0.3) is 0 Å². The van der Waals surface area contributed by atoms with E-state index in [0.717, 1.165) is 142 Å². The lowest BCUT2D eigenvalue weighted by molar-refractivity contribution is -0.143. The molecule has 2 aromatic heterocycles. The molecule has 0 bridgehead atoms. The van der Waals surface area contributed by atoms with E-state index in [2.05, 4.69) is 55.9 Å². The van der Waals surface area contributed by atoms with Crippen molar-refractivity contribution in [3.8, 4) is 5.75 Å². The number of rotatable bonds is 15. The summed E-state index contributed by atoms with van der Waals surface area (Å²) in [6.07, 6.45) is 16.1. The fourth-order valence-electron chi connectivity index (χ4n) is 11.5. The summed E-state index contributed by atoms with van der Waals surface area (Å²) in [5.74, 6) is 0.406. The topological polar surface area (TPSA) is 208 Å². The van der Waals surface area contributed by atoms with Gasteiger partial charge in [0.1, 0.15) is 23.5 Å². The molecule has 3 aromatic rings. The number of nitrogens with one attached hydrogen (secondary N) is 4. The van der Waals surface area contributed by atoms with Gasteiger partial charge in [-0.3, -0.25) is 34.1 Å². The van der Waals surface area contributed by atoms with Crippen molar-refractivity contribution in [2.24, 2.45) is 24.8 Å². The molecule has 4 N–H and O–H groups in total. The van der Waals surface area contributed by atoms with Gasteiger partial charge in [-0.1, -0.05) is 0 Å². The Balaban J connectivity index is 0.643. The minimum absolute atomic E-state index is 0.00428. The number of piperidine rings is 3. The third kappa shape index (κ3) is 12.8. The smallest absolute Gasteiger partial charge is 0.343 e. The number of benzene rings is 1. The van der Waals surface area contributed by atoms with Crippen molar-refractivity contribution in [1.29, 1.82) is 0 Å². The molecule has 0 spiro atoms. The minimum Gasteiger partial charge on any atom is -0.487 e. The van der Waals surface area contributed by atoms with Gasteiger partial charge in [-0.05, 0) is 108 Å². The molecule has 6 fully saturated rings. The molecular formula is C51H71FN12O7. The molecule has 4 amide bonds. The number of aryl methyl sites for hydroxylation is 1. The van der Waals surface area contributed by atoms with Gasteiger partial charge in [-0.25, -0.2) is 14.2 Å². The number of carbonyl (C=O) groups excluding carboxylic acids is 5. The van der Waals surface area contributed by atoms with E-state index in [1.807, 2.05) is 13.2 Å². The molecule has 2 aliphatic carbocycles. The second-order valence-electron chi connectivity index (χ2n) is 20.4. The van der Waals surface area contributed by atoms with Crippen molar-refractivity contribution >= 4 is 52.7 Å². The summed E-state index contributed by atoms with van der Waals surface area (Å²) in [4.78, 5) is 82.0. The summed E-state index contributed by atoms with van der Waals surface area (Å²) < 4.78 is 28.1. The molecule has 384 valence electrons. The highest BCUT2D eigenvalue weighted by Gasteiger charge is 2.38. The average Bonchev–Trinajstić information content (AvgIpc) is 3.80. The molecule has 6 heterocycles. The number of carbonyl (C=O) groups is 5. The molecule has 4 saturated heterocycles. The van der Waals surface area contributed by atoms with Crippen LogP contribution in [0.2, 0.25) is 0 Å². The van der Waals surface area contributed by atoms with Crippen molar-refractivity contribution in [2.45, 2.75) is 121 Å². The lowest BCUT2D eigenvalue weighted by Gasteiger charge is -2.43. The summed E-state index contributed by atoms with van der Waals surface area (Å²) in [6, 6.07) is 4.65. The van der Waals surface area contributed by atoms with Crippen LogP contribution in [0.1, 0.15) is 107 Å². The summed E-state index contributed by atoms with van der Waals surface area (Å²) in [6.45, 7) is 9.52. The molecule has 2 saturated carbocycles. The molecule has 1 atom stereocenters. The van der Waals surface area contributed by atoms with Crippen molar-refractivity contribution in [1.82, 2.24) is 44.7 Å². The van der Waals surface area contributed by atoms with Crippen LogP contribution in [-0.2, 0) is 31.0 Å². The summed E-state index contributed by atoms with van der Waals surface area (Å²) in [5.41, 5.74) is 1.52. The number of likely N-dealkylation sites (tertiary alicyclic amines) is 2. The van der Waals surface area contributed by atoms with Crippen molar-refractivity contribution < 1.29 is 37.8 Å². The predicted octanol–water partition coefficient (Wildman–Crippen LogP) is 4.94. The van der Waals surface area contributed by atoms with E-state index in [4.69, 9.17) is 9.47 Å². The highest BCUT2D eigenvalue weighted by Crippen LogP contribution is 2.34. The van der Waals surface area contributed by atoms with Gasteiger partial charge in [0, 0.05) is 120 Å². The number of halogens is 1. The van der Waals surface area contributed by atoms with Crippen molar-refractivity contribution in [3.05, 3.63) is 48.2 Å². The van der Waals surface area contributed by atoms with Crippen molar-refractivity contribution in [2.75, 3.05) is 81.5 Å². The van der Waals surface area contributed by atoms with Crippen LogP contribution >= 0.6 is 0 Å². The SMILES string of the molecule is CCOC(=O)c1cnc(Nc2cnn(C)c2)nc1NC1CCC(N2CCN(C(=O)C3CCC(C(=O)N4CCC(CN5CCC(Oc6ccc(NC7CCC(=O)NC7=O)cc6F)CC5)CC4)CC3)CC2)CC1. The van der Waals surface area contributed by atoms with Crippen LogP contribution in [0.3, 0.4) is 0 Å². The number of nitrogens with zero attached hydrogens (tertiary/aromatic N) is 8. The van der Waals surface area contributed by atoms with Crippen LogP contribution in [0.5, 0.6) is 5.75 Å². The number of hydrogen-bond acceptors (Lipinski definition) is 15. The maximum Gasteiger partial charge on any atom is 0.343 e. The molecule has 9 rings (SSSR count). The molecule has 1 aromatic carbocycles. The third-order valence-electron chi connectivity index (χ3n) is 15.6. The predicted molar refractivity (Wildman–Crippen MR) is 263 cm³/mol. The molecule has 0 radical (unpaired) electrons. The van der Waals surface area contributed by atoms with Gasteiger partial charge in [0.25, 0.3) is 0 Å². The minimum atomic E-state index is -0.581. The average molecular weight is 983 g/mol. The molecule has 6 aliphatic rings. The Hall–Kier alpha value is -5.89. The van der Waals surface area contributed by atoms with E-state index < -0.39 is 23.7 Å². The second-order valence-corrected chi connectivity index (χ2v) is 20.4. The summed E-state index contributed by atoms with van der Waals surface area (Å²) in [5, 5.41) is 16.2. The van der Waals surface area contributed by atoms with E-state index in [1.54, 1.807) is 29.9 Å². The van der Waals surface area contributed by atoms with E-state index in [1.165, 1.54) is 12.3 Å². The number of imide groups is 1. The fraction of sp³-hybridized carbons (Fsp3) is 0.647. The highest BCUT2D eigenvalue weighted by atomic mass is 19.1. The first-order valence-electron chi connectivity index (χ1n) is 26.1. The van der Waals surface area contributed by atoms with Gasteiger partial charge < -0.3 is 40.1 Å². The number of hydrogen-bond donors (Lipinski definition) is 4. The summed E-state index contributed by atoms with van der Waals surface area (Å²) in [7, 11) is 1.83. The first kappa shape index (κ1) is 50.1. The maximum atomic E-state index is 15.0. The molecular weight excluding hydrogens is 912 g/mol. The quantitative estimate of drug-likeness (QED) is 0.118. The van der Waals surface area contributed by atoms with Gasteiger partial charge in [-0.15, -0.1) is 0 Å². The zero-order valence-corrected chi connectivity index (χ0v) is 41.3. The molecule has 1 unspecified atom stereocenters. The summed E-state index contributed by atoms with van der Waals surface area (Å²) >= 11 is 0. The van der Waals surface area contributed by atoms with Gasteiger partial charge in [-0.2, -0.15) is 10.1 Å². The van der Waals surface area contributed by atoms with E-state index in [0.29, 0.717) is 41.4 Å². The third-order valence-corrected chi connectivity index (χ3v) is 15.6. The lowest BCUT2D eigenvalue weighted by atomic mass is 9.80. The Kier molecular flexibility index (Phi) is 16.3. The van der Waals surface area contributed by atoms with Crippen LogP contribution in [0.15, 0.2) is 36.8 Å². The Labute approximate surface area is 415 Å². The number of esters is 1. The second kappa shape index (κ2) is 23.1. The van der Waals surface area contributed by atoms with Crippen LogP contribution in [-0.4, -0.2) is 159 Å². The number of anilines is 4. The molecule has 4 aliphatic heterocycles. The van der Waals surface area contributed by atoms with Gasteiger partial charge in [0.15, 0.2) is 11.6 Å². The van der Waals surface area contributed by atoms with Crippen LogP contribution in [0, 0.1) is 23.6 Å². The standard InChI is InChI=1S/C51H71FN12O7/c1-3-70-50(69)41-30-53-51(57-38-29-54-60(2)32-38)59-46(41)56-36-8-11-39(12-9-36)62-24-26-64(27-25-62)49(68)35-6-4-34(5-7-35)48(67)63-22-16-33(17-23-63)31-61-20-18-40(19-21-61)71-44-14-10-37(28-42(44)52)55-43-13-15-45(65)58-47(43)66/h10,14,28-30,32-36,39-40,43,55H,3-9,11-13,15-27,31H2,1-2H3,(H,58,65,66)(H2,53,56,57,59). The zero-order chi connectivity index (χ0) is 49.4. The van der Waals surface area contributed by atoms with E-state index >= 15 is 4.39 Å². The Bertz CT molecular complexity index is 2350. The molecule has 20 heteroatoms. The van der Waals surface area contributed by atoms with Gasteiger partial charge >= 0.3 is 5.97 Å². The van der Waals surface area contributed by atoms with Crippen LogP contribution < -0.4 is 26.0 Å². The van der Waals surface area contributed by atoms with E-state index in [9.17, 15) is 24.0 Å². The first-order valence-corrected chi connectivity index (χ1v) is 26.1. The first-order chi connectivity index (χ1) is 34.4. The maximum absolute atomic E-state index is 15.0. The largest absolute Gasteiger partial charge is 0.487 e. The Morgan fingerprint density at radius 2 is 1.48 bits per heavy atom. The number of aromatic nitrogens is 4. The number of ether oxygens (including phenoxy) is 2. The highest BCUT2D eigenvalue weighted by molar-refractivity contribution is 6.01. The van der Waals surface area contributed by atoms with Gasteiger partial charge in [0.05, 0.1) is 18.5 Å². The normalized spacial score (nSPS) is 25.3. The fourth-order valence-corrected chi connectivity index (χ4v) is 11.5. The zero-order valence-electron chi connectivity index (χ0n) is 41.3. The number of piperazine rings is 1. The number of amides is 4. The van der Waals surface area contributed by atoms with Crippen molar-refractivity contribution in [3.63, 3.8) is 0 Å². The Morgan fingerprint density at radius 3 is 2.11 bits per heavy atom. The Morgan fingerprint density at radius 1 is 0.789 bits per heavy atom.